The molecule has 0 radical (unpaired) electrons. The van der Waals surface area contributed by atoms with Gasteiger partial charge in [0.15, 0.2) is 0 Å². The second-order valence-electron chi connectivity index (χ2n) is 12.0. The number of aromatic nitrogens is 3. The van der Waals surface area contributed by atoms with E-state index in [1.54, 1.807) is 12.1 Å². The summed E-state index contributed by atoms with van der Waals surface area (Å²) >= 11 is 0. The summed E-state index contributed by atoms with van der Waals surface area (Å²) in [6.45, 7) is 8.63. The van der Waals surface area contributed by atoms with E-state index < -0.39 is 5.97 Å². The molecule has 1 heterocycles. The Bertz CT molecular complexity index is 1080. The predicted octanol–water partition coefficient (Wildman–Crippen LogP) is 6.14. The molecule has 2 aliphatic carbocycles. The number of aryl methyl sites for hydroxylation is 1. The van der Waals surface area contributed by atoms with Crippen molar-refractivity contribution >= 4 is 11.8 Å². The van der Waals surface area contributed by atoms with E-state index in [2.05, 4.69) is 35.8 Å². The van der Waals surface area contributed by atoms with Gasteiger partial charge in [-0.1, -0.05) is 38.1 Å². The van der Waals surface area contributed by atoms with Gasteiger partial charge in [-0.15, -0.1) is 5.10 Å². The quantitative estimate of drug-likeness (QED) is 0.415. The van der Waals surface area contributed by atoms with Gasteiger partial charge in [-0.25, -0.2) is 9.07 Å². The first kappa shape index (κ1) is 25.5. The molecule has 6 nitrogen and oxygen atoms in total. The molecule has 190 valence electrons. The van der Waals surface area contributed by atoms with Gasteiger partial charge >= 0.3 is 5.97 Å². The van der Waals surface area contributed by atoms with Gasteiger partial charge in [0, 0.05) is 31.1 Å². The number of aliphatic carboxylic acids is 1. The number of ketones is 1. The van der Waals surface area contributed by atoms with E-state index in [0.717, 1.165) is 42.6 Å². The molecule has 4 rings (SSSR count). The number of hydrogen-bond acceptors (Lipinski definition) is 4. The van der Waals surface area contributed by atoms with Crippen LogP contribution in [0.25, 0.3) is 0 Å². The van der Waals surface area contributed by atoms with Gasteiger partial charge < -0.3 is 5.11 Å². The van der Waals surface area contributed by atoms with Crippen LogP contribution in [0.1, 0.15) is 113 Å². The summed E-state index contributed by atoms with van der Waals surface area (Å²) in [5.41, 5.74) is 3.38. The van der Waals surface area contributed by atoms with E-state index >= 15 is 0 Å². The Kier molecular flexibility index (Phi) is 7.43. The minimum absolute atomic E-state index is 0.000305. The first-order valence-electron chi connectivity index (χ1n) is 12.9. The second-order valence-corrected chi connectivity index (χ2v) is 12.0. The molecule has 0 saturated heterocycles. The number of carboxylic acid groups (broad SMARTS) is 1. The van der Waals surface area contributed by atoms with Crippen LogP contribution in [-0.2, 0) is 16.0 Å². The summed E-state index contributed by atoms with van der Waals surface area (Å²) in [5.74, 6) is -0.612. The summed E-state index contributed by atoms with van der Waals surface area (Å²) in [7, 11) is 0. The van der Waals surface area contributed by atoms with Crippen LogP contribution in [0.4, 0.5) is 4.39 Å². The summed E-state index contributed by atoms with van der Waals surface area (Å²) in [4.78, 5) is 24.4. The molecule has 2 aromatic rings. The Morgan fingerprint density at radius 2 is 1.94 bits per heavy atom. The number of benzene rings is 1. The summed E-state index contributed by atoms with van der Waals surface area (Å²) in [6, 6.07) is 5.23. The molecule has 0 bridgehead atoms. The number of rotatable bonds is 11. The largest absolute Gasteiger partial charge is 0.481 e. The molecule has 2 fully saturated rings. The molecular formula is C28H38FN3O3. The van der Waals surface area contributed by atoms with Gasteiger partial charge in [-0.05, 0) is 74.0 Å². The van der Waals surface area contributed by atoms with Gasteiger partial charge in [0.05, 0.1) is 17.4 Å². The molecule has 1 aromatic carbocycles. The smallest absolute Gasteiger partial charge is 0.303 e. The van der Waals surface area contributed by atoms with Crippen molar-refractivity contribution in [3.63, 3.8) is 0 Å². The minimum Gasteiger partial charge on any atom is -0.481 e. The van der Waals surface area contributed by atoms with E-state index in [9.17, 15) is 19.1 Å². The summed E-state index contributed by atoms with van der Waals surface area (Å²) in [5, 5.41) is 18.4. The fraction of sp³-hybridized carbons (Fsp3) is 0.643. The van der Waals surface area contributed by atoms with Crippen molar-refractivity contribution in [3.05, 3.63) is 46.5 Å². The molecular weight excluding hydrogens is 445 g/mol. The van der Waals surface area contributed by atoms with Gasteiger partial charge in [0.25, 0.3) is 0 Å². The van der Waals surface area contributed by atoms with Crippen molar-refractivity contribution in [2.75, 3.05) is 0 Å². The molecule has 0 amide bonds. The maximum atomic E-state index is 14.3. The minimum atomic E-state index is -0.892. The number of Topliss-reactive ketones (excluding diaryl/α,β-unsaturated/α-hetero) is 1. The van der Waals surface area contributed by atoms with Crippen molar-refractivity contribution in [1.29, 1.82) is 0 Å². The van der Waals surface area contributed by atoms with Crippen molar-refractivity contribution in [1.82, 2.24) is 15.0 Å². The first-order valence-corrected chi connectivity index (χ1v) is 12.9. The van der Waals surface area contributed by atoms with Crippen LogP contribution in [0.5, 0.6) is 0 Å². The molecule has 1 unspecified atom stereocenters. The molecule has 0 aliphatic heterocycles. The number of hydrogen-bond donors (Lipinski definition) is 1. The highest BCUT2D eigenvalue weighted by Gasteiger charge is 2.40. The van der Waals surface area contributed by atoms with Crippen molar-refractivity contribution in [2.24, 2.45) is 11.3 Å². The summed E-state index contributed by atoms with van der Waals surface area (Å²) in [6.07, 6.45) is 5.96. The number of halogens is 1. The van der Waals surface area contributed by atoms with E-state index in [4.69, 9.17) is 0 Å². The van der Waals surface area contributed by atoms with Crippen LogP contribution in [0, 0.1) is 24.1 Å². The zero-order valence-electron chi connectivity index (χ0n) is 21.4. The highest BCUT2D eigenvalue weighted by Crippen LogP contribution is 2.49. The van der Waals surface area contributed by atoms with Gasteiger partial charge in [-0.3, -0.25) is 9.59 Å². The van der Waals surface area contributed by atoms with E-state index in [1.165, 1.54) is 12.5 Å². The standard InChI is InChI=1S/C28H38FN3O3/c1-17-5-6-20(24(29)11-17)14-23(33)15-21(9-10-25(34)35)26-27(19-7-8-19)32(31-30-26)22-12-18(13-22)16-28(2,3)4/h5-6,11,18-19,21-22H,7-10,12-16H2,1-4H3,(H,34,35). The zero-order valence-corrected chi connectivity index (χ0v) is 21.4. The SMILES string of the molecule is Cc1ccc(CC(=O)CC(CCC(=O)O)c2nnn(C3CC(CC(C)(C)C)C3)c2C2CC2)c(F)c1. The van der Waals surface area contributed by atoms with Crippen LogP contribution in [0.15, 0.2) is 18.2 Å². The third-order valence-corrected chi connectivity index (χ3v) is 7.34. The fourth-order valence-electron chi connectivity index (χ4n) is 5.55. The number of nitrogens with zero attached hydrogens (tertiary/aromatic N) is 3. The van der Waals surface area contributed by atoms with Crippen molar-refractivity contribution in [2.45, 2.75) is 103 Å². The monoisotopic (exact) mass is 483 g/mol. The maximum Gasteiger partial charge on any atom is 0.303 e. The Morgan fingerprint density at radius 1 is 1.23 bits per heavy atom. The lowest BCUT2D eigenvalue weighted by Crippen LogP contribution is -2.31. The molecule has 1 aromatic heterocycles. The topological polar surface area (TPSA) is 85.1 Å². The lowest BCUT2D eigenvalue weighted by Gasteiger charge is -2.39. The van der Waals surface area contributed by atoms with E-state index in [0.29, 0.717) is 35.3 Å². The van der Waals surface area contributed by atoms with Gasteiger partial charge in [0.2, 0.25) is 0 Å². The van der Waals surface area contributed by atoms with Gasteiger partial charge in [0.1, 0.15) is 11.6 Å². The zero-order chi connectivity index (χ0) is 25.3. The van der Waals surface area contributed by atoms with E-state index in [-0.39, 0.29) is 36.8 Å². The Hall–Kier alpha value is -2.57. The molecule has 1 N–H and O–H groups in total. The molecule has 2 aliphatic rings. The van der Waals surface area contributed by atoms with Crippen LogP contribution in [-0.4, -0.2) is 31.9 Å². The highest BCUT2D eigenvalue weighted by molar-refractivity contribution is 5.81. The number of carboxylic acids is 1. The lowest BCUT2D eigenvalue weighted by atomic mass is 9.71. The normalized spacial score (nSPS) is 20.9. The van der Waals surface area contributed by atoms with Crippen LogP contribution < -0.4 is 0 Å². The average molecular weight is 484 g/mol. The number of carbonyl (C=O) groups is 2. The third-order valence-electron chi connectivity index (χ3n) is 7.34. The average Bonchev–Trinajstić information content (AvgIpc) is 3.47. The first-order chi connectivity index (χ1) is 16.5. The van der Waals surface area contributed by atoms with Gasteiger partial charge in [-0.2, -0.15) is 0 Å². The molecule has 7 heteroatoms. The van der Waals surface area contributed by atoms with Crippen LogP contribution >= 0.6 is 0 Å². The molecule has 35 heavy (non-hydrogen) atoms. The Morgan fingerprint density at radius 3 is 2.54 bits per heavy atom. The summed E-state index contributed by atoms with van der Waals surface area (Å²) < 4.78 is 16.4. The Labute approximate surface area is 207 Å². The molecule has 0 spiro atoms. The fourth-order valence-corrected chi connectivity index (χ4v) is 5.55. The van der Waals surface area contributed by atoms with E-state index in [1.807, 2.05) is 6.92 Å². The number of carbonyl (C=O) groups excluding carboxylic acids is 1. The maximum absolute atomic E-state index is 14.3. The van der Waals surface area contributed by atoms with Crippen LogP contribution in [0.3, 0.4) is 0 Å². The second kappa shape index (κ2) is 10.2. The third kappa shape index (κ3) is 6.56. The van der Waals surface area contributed by atoms with Crippen molar-refractivity contribution in [3.8, 4) is 0 Å². The molecule has 2 saturated carbocycles. The highest BCUT2D eigenvalue weighted by atomic mass is 19.1. The Balaban J connectivity index is 1.51. The van der Waals surface area contributed by atoms with Crippen molar-refractivity contribution < 1.29 is 19.1 Å². The predicted molar refractivity (Wildman–Crippen MR) is 132 cm³/mol. The molecule has 1 atom stereocenters. The van der Waals surface area contributed by atoms with Crippen LogP contribution in [0.2, 0.25) is 0 Å². The lowest BCUT2D eigenvalue weighted by molar-refractivity contribution is -0.137.